The molecule has 0 amide bonds. The molecule has 0 saturated carbocycles. The first-order valence-corrected chi connectivity index (χ1v) is 20.4. The van der Waals surface area contributed by atoms with Crippen LogP contribution in [0, 0.1) is 11.3 Å². The van der Waals surface area contributed by atoms with Gasteiger partial charge >= 0.3 is 0 Å². The Bertz CT molecular complexity index is 3170. The molecular weight excluding hydrogens is 757 g/mol. The summed E-state index contributed by atoms with van der Waals surface area (Å²) in [6.45, 7) is 0. The van der Waals surface area contributed by atoms with Crippen LogP contribution in [-0.4, -0.2) is 24.9 Å². The molecule has 0 aliphatic heterocycles. The molecule has 0 fully saturated rings. The van der Waals surface area contributed by atoms with Crippen LogP contribution in [0.15, 0.2) is 218 Å². The minimum absolute atomic E-state index is 0.547. The lowest BCUT2D eigenvalue weighted by atomic mass is 9.94. The molecule has 0 aliphatic rings. The monoisotopic (exact) mass is 792 g/mol. The van der Waals surface area contributed by atoms with Crippen LogP contribution in [0.5, 0.6) is 0 Å². The molecule has 0 bridgehead atoms. The number of rotatable bonds is 9. The minimum Gasteiger partial charge on any atom is -0.228 e. The zero-order chi connectivity index (χ0) is 41.7. The number of aromatic nitrogens is 5. The highest BCUT2D eigenvalue weighted by Crippen LogP contribution is 2.37. The summed E-state index contributed by atoms with van der Waals surface area (Å²) in [7, 11) is 0. The Hall–Kier alpha value is -8.66. The molecule has 0 N–H and O–H groups in total. The summed E-state index contributed by atoms with van der Waals surface area (Å²) in [6, 6.07) is 75.8. The topological polar surface area (TPSA) is 88.2 Å². The molecule has 0 atom stereocenters. The summed E-state index contributed by atoms with van der Waals surface area (Å²) in [5.41, 5.74) is 14.0. The number of nitrogens with zero attached hydrogens (tertiary/aromatic N) is 6. The van der Waals surface area contributed by atoms with Crippen LogP contribution in [0.2, 0.25) is 0 Å². The van der Waals surface area contributed by atoms with Crippen molar-refractivity contribution in [2.45, 2.75) is 0 Å². The van der Waals surface area contributed by atoms with Gasteiger partial charge < -0.3 is 0 Å². The van der Waals surface area contributed by atoms with Gasteiger partial charge in [-0.1, -0.05) is 194 Å². The first kappa shape index (κ1) is 37.6. The molecule has 10 aromatic rings. The Kier molecular flexibility index (Phi) is 10.3. The number of hydrogen-bond acceptors (Lipinski definition) is 6. The van der Waals surface area contributed by atoms with Crippen molar-refractivity contribution >= 4 is 0 Å². The van der Waals surface area contributed by atoms with E-state index in [2.05, 4.69) is 84.9 Å². The van der Waals surface area contributed by atoms with Gasteiger partial charge in [0.1, 0.15) is 0 Å². The van der Waals surface area contributed by atoms with Crippen molar-refractivity contribution in [3.63, 3.8) is 0 Å². The van der Waals surface area contributed by atoms with Gasteiger partial charge in [0, 0.05) is 33.4 Å². The van der Waals surface area contributed by atoms with Crippen LogP contribution >= 0.6 is 0 Å². The van der Waals surface area contributed by atoms with Gasteiger partial charge in [-0.3, -0.25) is 0 Å². The maximum atomic E-state index is 9.67. The molecule has 0 radical (unpaired) electrons. The largest absolute Gasteiger partial charge is 0.228 e. The maximum absolute atomic E-state index is 9.67. The van der Waals surface area contributed by atoms with E-state index in [0.29, 0.717) is 28.9 Å². The number of hydrogen-bond donors (Lipinski definition) is 0. The lowest BCUT2D eigenvalue weighted by Gasteiger charge is -2.14. The zero-order valence-corrected chi connectivity index (χ0v) is 33.5. The third-order valence-corrected chi connectivity index (χ3v) is 10.8. The summed E-state index contributed by atoms with van der Waals surface area (Å²) in [6.07, 6.45) is 0. The third-order valence-electron chi connectivity index (χ3n) is 10.8. The molecule has 0 aliphatic carbocycles. The standard InChI is InChI=1S/C56H36N6/c57-37-38-16-14-24-45(34-38)47-26-10-12-28-49(47)55-60-54(43-21-8-3-9-22-43)61-56(62-55)50-29-13-11-27-48(50)46-25-15-23-44(35-46)39-30-32-41(33-31-39)52-36-51(40-17-4-1-5-18-40)58-53(59-52)42-19-6-2-7-20-42/h1-36H. The Balaban J connectivity index is 1.03. The van der Waals surface area contributed by atoms with E-state index >= 15 is 0 Å². The molecule has 2 aromatic heterocycles. The van der Waals surface area contributed by atoms with E-state index < -0.39 is 0 Å². The van der Waals surface area contributed by atoms with E-state index in [1.807, 2.05) is 140 Å². The lowest BCUT2D eigenvalue weighted by molar-refractivity contribution is 1.07. The zero-order valence-electron chi connectivity index (χ0n) is 33.5. The Morgan fingerprint density at radius 1 is 0.258 bits per heavy atom. The lowest BCUT2D eigenvalue weighted by Crippen LogP contribution is -2.02. The fraction of sp³-hybridized carbons (Fsp3) is 0. The molecule has 62 heavy (non-hydrogen) atoms. The van der Waals surface area contributed by atoms with Gasteiger partial charge in [-0.2, -0.15) is 5.26 Å². The van der Waals surface area contributed by atoms with Crippen LogP contribution in [-0.2, 0) is 0 Å². The maximum Gasteiger partial charge on any atom is 0.164 e. The van der Waals surface area contributed by atoms with Crippen molar-refractivity contribution in [1.29, 1.82) is 5.26 Å². The average molecular weight is 793 g/mol. The highest BCUT2D eigenvalue weighted by atomic mass is 15.0. The van der Waals surface area contributed by atoms with Gasteiger partial charge in [-0.15, -0.1) is 0 Å². The molecule has 2 heterocycles. The highest BCUT2D eigenvalue weighted by Gasteiger charge is 2.18. The average Bonchev–Trinajstić information content (AvgIpc) is 3.37. The van der Waals surface area contributed by atoms with Gasteiger partial charge in [0.05, 0.1) is 23.0 Å². The van der Waals surface area contributed by atoms with Crippen LogP contribution in [0.25, 0.3) is 101 Å². The molecule has 0 unspecified atom stereocenters. The van der Waals surface area contributed by atoms with Crippen molar-refractivity contribution in [3.8, 4) is 108 Å². The summed E-state index contributed by atoms with van der Waals surface area (Å²) >= 11 is 0. The van der Waals surface area contributed by atoms with Crippen molar-refractivity contribution in [1.82, 2.24) is 24.9 Å². The molecule has 6 heteroatoms. The van der Waals surface area contributed by atoms with E-state index in [4.69, 9.17) is 24.9 Å². The van der Waals surface area contributed by atoms with Gasteiger partial charge in [0.15, 0.2) is 23.3 Å². The molecule has 10 rings (SSSR count). The van der Waals surface area contributed by atoms with E-state index in [9.17, 15) is 5.26 Å². The molecule has 0 spiro atoms. The van der Waals surface area contributed by atoms with Crippen LogP contribution in [0.3, 0.4) is 0 Å². The van der Waals surface area contributed by atoms with E-state index in [1.165, 1.54) is 0 Å². The summed E-state index contributed by atoms with van der Waals surface area (Å²) in [4.78, 5) is 25.3. The smallest absolute Gasteiger partial charge is 0.164 e. The van der Waals surface area contributed by atoms with Crippen molar-refractivity contribution in [3.05, 3.63) is 224 Å². The summed E-state index contributed by atoms with van der Waals surface area (Å²) in [5, 5.41) is 9.67. The molecule has 8 aromatic carbocycles. The number of nitriles is 1. The summed E-state index contributed by atoms with van der Waals surface area (Å²) < 4.78 is 0. The van der Waals surface area contributed by atoms with Crippen molar-refractivity contribution in [2.75, 3.05) is 0 Å². The Morgan fingerprint density at radius 3 is 1.19 bits per heavy atom. The summed E-state index contributed by atoms with van der Waals surface area (Å²) in [5.74, 6) is 2.37. The first-order chi connectivity index (χ1) is 30.7. The number of benzene rings is 8. The first-order valence-electron chi connectivity index (χ1n) is 20.4. The third kappa shape index (κ3) is 7.78. The SMILES string of the molecule is N#Cc1cccc(-c2ccccc2-c2nc(-c3ccccc3)nc(-c3ccccc3-c3cccc(-c4ccc(-c5cc(-c6ccccc6)nc(-c6ccccc6)n5)cc4)c3)n2)c1. The second-order valence-electron chi connectivity index (χ2n) is 14.8. The van der Waals surface area contributed by atoms with Crippen LogP contribution in [0.4, 0.5) is 0 Å². The van der Waals surface area contributed by atoms with Crippen molar-refractivity contribution < 1.29 is 0 Å². The second-order valence-corrected chi connectivity index (χ2v) is 14.8. The predicted molar refractivity (Wildman–Crippen MR) is 249 cm³/mol. The van der Waals surface area contributed by atoms with E-state index in [0.717, 1.165) is 78.1 Å². The van der Waals surface area contributed by atoms with Gasteiger partial charge in [-0.25, -0.2) is 24.9 Å². The fourth-order valence-electron chi connectivity index (χ4n) is 7.72. The van der Waals surface area contributed by atoms with Crippen molar-refractivity contribution in [2.24, 2.45) is 0 Å². The Morgan fingerprint density at radius 2 is 0.645 bits per heavy atom. The van der Waals surface area contributed by atoms with Gasteiger partial charge in [-0.05, 0) is 57.6 Å². The van der Waals surface area contributed by atoms with E-state index in [-0.39, 0.29) is 0 Å². The van der Waals surface area contributed by atoms with Crippen LogP contribution < -0.4 is 0 Å². The van der Waals surface area contributed by atoms with Gasteiger partial charge in [0.2, 0.25) is 0 Å². The second kappa shape index (κ2) is 16.9. The normalized spacial score (nSPS) is 10.9. The molecule has 290 valence electrons. The minimum atomic E-state index is 0.547. The Labute approximate surface area is 360 Å². The predicted octanol–water partition coefficient (Wildman–Crippen LogP) is 13.5. The molecule has 6 nitrogen and oxygen atoms in total. The fourth-order valence-corrected chi connectivity index (χ4v) is 7.72. The van der Waals surface area contributed by atoms with E-state index in [1.54, 1.807) is 0 Å². The van der Waals surface area contributed by atoms with Crippen LogP contribution in [0.1, 0.15) is 5.56 Å². The highest BCUT2D eigenvalue weighted by molar-refractivity contribution is 5.86. The molecule has 0 saturated heterocycles. The quantitative estimate of drug-likeness (QED) is 0.145. The molecular formula is C56H36N6. The van der Waals surface area contributed by atoms with Gasteiger partial charge in [0.25, 0.3) is 0 Å².